The largest absolute Gasteiger partial charge is 0.347 e. The summed E-state index contributed by atoms with van der Waals surface area (Å²) in [6, 6.07) is 17.1. The molecule has 2 aliphatic heterocycles. The van der Waals surface area contributed by atoms with Crippen molar-refractivity contribution in [3.8, 4) is 22.4 Å². The van der Waals surface area contributed by atoms with E-state index < -0.39 is 0 Å². The molecule has 1 amide bonds. The molecule has 1 saturated heterocycles. The monoisotopic (exact) mass is 465 g/mol. The zero-order chi connectivity index (χ0) is 24.1. The highest BCUT2D eigenvalue weighted by Crippen LogP contribution is 2.56. The third kappa shape index (κ3) is 4.14. The first-order chi connectivity index (χ1) is 17.0. The van der Waals surface area contributed by atoms with E-state index in [1.807, 2.05) is 12.4 Å². The average molecular weight is 466 g/mol. The molecule has 178 valence electrons. The number of carbonyl (C=O) groups excluding carboxylic acids is 1. The van der Waals surface area contributed by atoms with E-state index in [2.05, 4.69) is 89.5 Å². The van der Waals surface area contributed by atoms with Crippen molar-refractivity contribution < 1.29 is 4.79 Å². The molecule has 2 aromatic carbocycles. The Kier molecular flexibility index (Phi) is 5.24. The summed E-state index contributed by atoms with van der Waals surface area (Å²) >= 11 is 0. The van der Waals surface area contributed by atoms with E-state index in [0.717, 1.165) is 46.3 Å². The van der Waals surface area contributed by atoms with E-state index in [-0.39, 0.29) is 11.9 Å². The molecule has 6 heteroatoms. The maximum absolute atomic E-state index is 12.8. The molecule has 1 aliphatic carbocycles. The van der Waals surface area contributed by atoms with Gasteiger partial charge in [0.05, 0.1) is 29.5 Å². The summed E-state index contributed by atoms with van der Waals surface area (Å²) in [4.78, 5) is 23.2. The van der Waals surface area contributed by atoms with E-state index in [4.69, 9.17) is 4.98 Å². The number of rotatable bonds is 6. The minimum atomic E-state index is 0.0922. The van der Waals surface area contributed by atoms with Crippen LogP contribution >= 0.6 is 0 Å². The lowest BCUT2D eigenvalue weighted by Crippen LogP contribution is -2.34. The number of H-pyrrole nitrogens is 1. The summed E-state index contributed by atoms with van der Waals surface area (Å²) in [5, 5.41) is 6.30. The number of piperidine rings is 1. The number of carbonyl (C=O) groups is 1. The number of nitrogens with one attached hydrogen (secondary N) is 3. The molecule has 3 unspecified atom stereocenters. The van der Waals surface area contributed by atoms with Gasteiger partial charge in [0.2, 0.25) is 5.91 Å². The van der Waals surface area contributed by atoms with Gasteiger partial charge in [-0.1, -0.05) is 69.0 Å². The molecule has 3 aliphatic rings. The van der Waals surface area contributed by atoms with Crippen LogP contribution in [-0.2, 0) is 4.79 Å². The first kappa shape index (κ1) is 21.7. The van der Waals surface area contributed by atoms with Crippen molar-refractivity contribution in [2.75, 3.05) is 6.54 Å². The molecule has 3 atom stereocenters. The number of fused-ring (bicyclic) bond motifs is 1. The van der Waals surface area contributed by atoms with Gasteiger partial charge in [0.1, 0.15) is 5.82 Å². The second kappa shape index (κ2) is 8.45. The second-order valence-electron chi connectivity index (χ2n) is 10.4. The minimum absolute atomic E-state index is 0.0922. The van der Waals surface area contributed by atoms with Crippen molar-refractivity contribution in [3.63, 3.8) is 0 Å². The van der Waals surface area contributed by atoms with Gasteiger partial charge in [-0.2, -0.15) is 0 Å². The molecule has 2 fully saturated rings. The van der Waals surface area contributed by atoms with Crippen molar-refractivity contribution in [3.05, 3.63) is 84.7 Å². The van der Waals surface area contributed by atoms with Gasteiger partial charge in [0.25, 0.3) is 0 Å². The van der Waals surface area contributed by atoms with Crippen LogP contribution in [0.2, 0.25) is 0 Å². The Morgan fingerprint density at radius 1 is 1.06 bits per heavy atom. The highest BCUT2D eigenvalue weighted by Gasteiger charge is 2.55. The van der Waals surface area contributed by atoms with Crippen LogP contribution in [0.5, 0.6) is 0 Å². The Morgan fingerprint density at radius 2 is 1.71 bits per heavy atom. The first-order valence-electron chi connectivity index (χ1n) is 12.4. The molecule has 35 heavy (non-hydrogen) atoms. The van der Waals surface area contributed by atoms with Gasteiger partial charge >= 0.3 is 0 Å². The average Bonchev–Trinajstić information content (AvgIpc) is 3.21. The summed E-state index contributed by atoms with van der Waals surface area (Å²) in [6.07, 6.45) is 5.65. The Bertz CT molecular complexity index is 1300. The van der Waals surface area contributed by atoms with Crippen molar-refractivity contribution in [1.82, 2.24) is 25.5 Å². The Hall–Kier alpha value is -3.80. The van der Waals surface area contributed by atoms with Crippen LogP contribution in [0.3, 0.4) is 0 Å². The van der Waals surface area contributed by atoms with Gasteiger partial charge < -0.3 is 20.5 Å². The molecule has 0 spiro atoms. The molecule has 6 nitrogen and oxygen atoms in total. The lowest BCUT2D eigenvalue weighted by molar-refractivity contribution is -0.133. The lowest BCUT2D eigenvalue weighted by Gasteiger charge is -2.27. The molecule has 1 aromatic heterocycles. The maximum atomic E-state index is 12.8. The lowest BCUT2D eigenvalue weighted by atomic mass is 10.0. The molecule has 3 N–H and O–H groups in total. The van der Waals surface area contributed by atoms with Crippen LogP contribution in [0.1, 0.15) is 44.1 Å². The third-order valence-electron chi connectivity index (χ3n) is 7.33. The molecular weight excluding hydrogens is 434 g/mol. The van der Waals surface area contributed by atoms with E-state index in [1.54, 1.807) is 0 Å². The number of nitrogens with zero attached hydrogens (tertiary/aromatic N) is 2. The number of hydrogen-bond acceptors (Lipinski definition) is 4. The van der Waals surface area contributed by atoms with Crippen LogP contribution < -0.4 is 10.6 Å². The van der Waals surface area contributed by atoms with E-state index in [0.29, 0.717) is 24.2 Å². The van der Waals surface area contributed by atoms with Gasteiger partial charge in [-0.3, -0.25) is 4.79 Å². The van der Waals surface area contributed by atoms with Gasteiger partial charge in [0.15, 0.2) is 0 Å². The van der Waals surface area contributed by atoms with Crippen LogP contribution in [0.15, 0.2) is 73.3 Å². The molecule has 0 radical (unpaired) electrons. The van der Waals surface area contributed by atoms with Gasteiger partial charge in [-0.05, 0) is 46.4 Å². The highest BCUT2D eigenvalue weighted by molar-refractivity contribution is 5.78. The van der Waals surface area contributed by atoms with Crippen LogP contribution in [0.25, 0.3) is 28.1 Å². The van der Waals surface area contributed by atoms with E-state index in [1.165, 1.54) is 12.0 Å². The topological polar surface area (TPSA) is 73.0 Å². The van der Waals surface area contributed by atoms with Crippen LogP contribution in [0.4, 0.5) is 0 Å². The van der Waals surface area contributed by atoms with Crippen LogP contribution in [0, 0.1) is 17.8 Å². The van der Waals surface area contributed by atoms with Crippen molar-refractivity contribution in [1.29, 1.82) is 0 Å². The van der Waals surface area contributed by atoms with Crippen LogP contribution in [-0.4, -0.2) is 27.3 Å². The fourth-order valence-electron chi connectivity index (χ4n) is 5.41. The Labute approximate surface area is 206 Å². The van der Waals surface area contributed by atoms with Gasteiger partial charge in [0, 0.05) is 19.2 Å². The fourth-order valence-corrected chi connectivity index (χ4v) is 5.41. The number of likely N-dealkylation sites (tertiary alicyclic amines) is 1. The molecular formula is C29H31N5O. The maximum Gasteiger partial charge on any atom is 0.223 e. The summed E-state index contributed by atoms with van der Waals surface area (Å²) in [6.45, 7) is 8.96. The fraction of sp³-hybridized carbons (Fsp3) is 0.310. The minimum Gasteiger partial charge on any atom is -0.347 e. The van der Waals surface area contributed by atoms with Gasteiger partial charge in [-0.15, -0.1) is 0 Å². The molecule has 3 heterocycles. The number of benzene rings is 2. The predicted molar refractivity (Wildman–Crippen MR) is 138 cm³/mol. The zero-order valence-corrected chi connectivity index (χ0v) is 20.2. The van der Waals surface area contributed by atoms with Crippen molar-refractivity contribution in [2.24, 2.45) is 17.8 Å². The number of amides is 1. The molecule has 0 bridgehead atoms. The zero-order valence-electron chi connectivity index (χ0n) is 20.2. The standard InChI is InChI=1S/C29H31N5O/c1-17(2)12-27(35)34-16-23-13-24(23)28(34)29-31-15-26(33-29)22-10-6-20(7-11-22)19-4-8-21(9-5-19)25-14-30-18(3)32-25/h4-11,14-15,17,23-24,28,30,32H,3,12-13,16H2,1-2H3,(H,31,33). The second-order valence-corrected chi connectivity index (χ2v) is 10.4. The molecule has 1 saturated carbocycles. The molecule has 6 rings (SSSR count). The summed E-state index contributed by atoms with van der Waals surface area (Å²) in [5.74, 6) is 3.54. The van der Waals surface area contributed by atoms with E-state index >= 15 is 0 Å². The summed E-state index contributed by atoms with van der Waals surface area (Å²) in [7, 11) is 0. The quantitative estimate of drug-likeness (QED) is 0.464. The first-order valence-corrected chi connectivity index (χ1v) is 12.4. The number of aromatic amines is 1. The van der Waals surface area contributed by atoms with Crippen molar-refractivity contribution in [2.45, 2.75) is 32.7 Å². The predicted octanol–water partition coefficient (Wildman–Crippen LogP) is 5.27. The Morgan fingerprint density at radius 3 is 2.34 bits per heavy atom. The molecule has 3 aromatic rings. The summed E-state index contributed by atoms with van der Waals surface area (Å²) in [5.41, 5.74) is 6.57. The number of aromatic nitrogens is 2. The van der Waals surface area contributed by atoms with E-state index in [9.17, 15) is 4.79 Å². The third-order valence-corrected chi connectivity index (χ3v) is 7.33. The van der Waals surface area contributed by atoms with Gasteiger partial charge in [-0.25, -0.2) is 4.98 Å². The Balaban J connectivity index is 1.18. The highest BCUT2D eigenvalue weighted by atomic mass is 16.2. The summed E-state index contributed by atoms with van der Waals surface area (Å²) < 4.78 is 0. The number of imidazole rings is 1. The SMILES string of the molecule is C=C1NC=C(c2ccc(-c3ccc(-c4cnc(C5C6CC6CN5C(=O)CC(C)C)[nH]4)cc3)cc2)N1. The van der Waals surface area contributed by atoms with Crippen molar-refractivity contribution >= 4 is 11.6 Å². The number of hydrogen-bond donors (Lipinski definition) is 3. The normalized spacial score (nSPS) is 22.6. The smallest absolute Gasteiger partial charge is 0.223 e.